The summed E-state index contributed by atoms with van der Waals surface area (Å²) in [5.41, 5.74) is 0.302. The first-order valence-corrected chi connectivity index (χ1v) is 11.4. The van der Waals surface area contributed by atoms with Crippen molar-refractivity contribution in [2.75, 3.05) is 33.0 Å². The van der Waals surface area contributed by atoms with Crippen LogP contribution in [0.3, 0.4) is 0 Å². The van der Waals surface area contributed by atoms with Crippen LogP contribution in [0.5, 0.6) is 17.2 Å². The van der Waals surface area contributed by atoms with Gasteiger partial charge in [-0.2, -0.15) is 4.31 Å². The third-order valence-corrected chi connectivity index (χ3v) is 6.94. The van der Waals surface area contributed by atoms with Gasteiger partial charge < -0.3 is 19.5 Å². The average molecular weight is 432 g/mol. The number of sulfonamides is 1. The van der Waals surface area contributed by atoms with E-state index in [0.717, 1.165) is 19.3 Å². The zero-order chi connectivity index (χ0) is 21.0. The molecule has 9 heteroatoms. The molecular weight excluding hydrogens is 408 g/mol. The topological polar surface area (TPSA) is 94.2 Å². The van der Waals surface area contributed by atoms with Crippen LogP contribution in [0.15, 0.2) is 47.4 Å². The van der Waals surface area contributed by atoms with E-state index < -0.39 is 10.0 Å². The lowest BCUT2D eigenvalue weighted by Crippen LogP contribution is -2.35. The quantitative estimate of drug-likeness (QED) is 0.676. The Morgan fingerprint density at radius 1 is 1.03 bits per heavy atom. The minimum atomic E-state index is -3.58. The number of hydrogen-bond donors (Lipinski definition) is 1. The molecule has 0 aromatic heterocycles. The van der Waals surface area contributed by atoms with Gasteiger partial charge in [-0.05, 0) is 43.2 Å². The standard InChI is InChI=1S/C21H24N2O6S/c24-21(22-9-12-27-17-7-8-19-20(14-17)29-15-28-19)16-5-4-6-18(13-16)30(25,26)23-10-2-1-3-11-23/h4-8,13-14H,1-3,9-12,15H2,(H,22,24). The van der Waals surface area contributed by atoms with Crippen LogP contribution in [0.2, 0.25) is 0 Å². The summed E-state index contributed by atoms with van der Waals surface area (Å²) in [6, 6.07) is 11.4. The van der Waals surface area contributed by atoms with E-state index in [4.69, 9.17) is 14.2 Å². The molecule has 1 fully saturated rings. The van der Waals surface area contributed by atoms with E-state index >= 15 is 0 Å². The monoisotopic (exact) mass is 432 g/mol. The molecule has 0 aliphatic carbocycles. The number of nitrogens with zero attached hydrogens (tertiary/aromatic N) is 1. The second kappa shape index (κ2) is 8.93. The van der Waals surface area contributed by atoms with Crippen LogP contribution in [0.25, 0.3) is 0 Å². The summed E-state index contributed by atoms with van der Waals surface area (Å²) in [7, 11) is -3.58. The van der Waals surface area contributed by atoms with Crippen LogP contribution >= 0.6 is 0 Å². The molecule has 2 aliphatic rings. The lowest BCUT2D eigenvalue weighted by molar-refractivity contribution is 0.0946. The highest BCUT2D eigenvalue weighted by atomic mass is 32.2. The van der Waals surface area contributed by atoms with Gasteiger partial charge >= 0.3 is 0 Å². The molecule has 0 spiro atoms. The van der Waals surface area contributed by atoms with Gasteiger partial charge in [-0.1, -0.05) is 12.5 Å². The van der Waals surface area contributed by atoms with Crippen molar-refractivity contribution in [3.8, 4) is 17.2 Å². The minimum Gasteiger partial charge on any atom is -0.492 e. The van der Waals surface area contributed by atoms with Gasteiger partial charge in [-0.15, -0.1) is 0 Å². The first-order valence-electron chi connectivity index (χ1n) is 9.95. The molecule has 2 aromatic rings. The smallest absolute Gasteiger partial charge is 0.251 e. The number of fused-ring (bicyclic) bond motifs is 1. The highest BCUT2D eigenvalue weighted by Gasteiger charge is 2.26. The van der Waals surface area contributed by atoms with Crippen molar-refractivity contribution in [2.24, 2.45) is 0 Å². The molecule has 160 valence electrons. The number of ether oxygens (including phenoxy) is 3. The summed E-state index contributed by atoms with van der Waals surface area (Å²) < 4.78 is 43.3. The second-order valence-corrected chi connectivity index (χ2v) is 9.05. The molecule has 2 heterocycles. The Morgan fingerprint density at radius 3 is 2.67 bits per heavy atom. The van der Waals surface area contributed by atoms with Crippen molar-refractivity contribution in [2.45, 2.75) is 24.2 Å². The van der Waals surface area contributed by atoms with E-state index in [2.05, 4.69) is 5.32 Å². The van der Waals surface area contributed by atoms with Crippen LogP contribution in [-0.4, -0.2) is 51.7 Å². The maximum Gasteiger partial charge on any atom is 0.251 e. The van der Waals surface area contributed by atoms with E-state index in [1.165, 1.54) is 16.4 Å². The van der Waals surface area contributed by atoms with E-state index in [0.29, 0.717) is 35.9 Å². The lowest BCUT2D eigenvalue weighted by atomic mass is 10.2. The molecule has 0 radical (unpaired) electrons. The number of carbonyl (C=O) groups excluding carboxylic acids is 1. The number of rotatable bonds is 7. The molecule has 1 amide bonds. The first kappa shape index (κ1) is 20.5. The minimum absolute atomic E-state index is 0.147. The van der Waals surface area contributed by atoms with Crippen LogP contribution in [0, 0.1) is 0 Å². The highest BCUT2D eigenvalue weighted by molar-refractivity contribution is 7.89. The number of nitrogens with one attached hydrogen (secondary N) is 1. The number of hydrogen-bond acceptors (Lipinski definition) is 6. The van der Waals surface area contributed by atoms with Crippen LogP contribution in [0.4, 0.5) is 0 Å². The zero-order valence-corrected chi connectivity index (χ0v) is 17.3. The Morgan fingerprint density at radius 2 is 1.83 bits per heavy atom. The summed E-state index contributed by atoms with van der Waals surface area (Å²) in [6.07, 6.45) is 2.77. The fraction of sp³-hybridized carbons (Fsp3) is 0.381. The van der Waals surface area contributed by atoms with Crippen LogP contribution < -0.4 is 19.5 Å². The molecule has 4 rings (SSSR count). The fourth-order valence-corrected chi connectivity index (χ4v) is 5.02. The Kier molecular flexibility index (Phi) is 6.10. The van der Waals surface area contributed by atoms with Gasteiger partial charge in [0.1, 0.15) is 12.4 Å². The predicted octanol–water partition coefficient (Wildman–Crippen LogP) is 2.40. The molecule has 1 saturated heterocycles. The van der Waals surface area contributed by atoms with Crippen molar-refractivity contribution >= 4 is 15.9 Å². The molecule has 2 aromatic carbocycles. The maximum absolute atomic E-state index is 12.8. The summed E-state index contributed by atoms with van der Waals surface area (Å²) >= 11 is 0. The molecule has 0 bridgehead atoms. The summed E-state index contributed by atoms with van der Waals surface area (Å²) in [4.78, 5) is 12.6. The van der Waals surface area contributed by atoms with Gasteiger partial charge in [-0.3, -0.25) is 4.79 Å². The van der Waals surface area contributed by atoms with Crippen molar-refractivity contribution in [1.29, 1.82) is 0 Å². The zero-order valence-electron chi connectivity index (χ0n) is 16.5. The third kappa shape index (κ3) is 4.52. The fourth-order valence-electron chi connectivity index (χ4n) is 3.45. The van der Waals surface area contributed by atoms with Gasteiger partial charge in [0.15, 0.2) is 11.5 Å². The summed E-state index contributed by atoms with van der Waals surface area (Å²) in [5, 5.41) is 2.75. The number of carbonyl (C=O) groups is 1. The van der Waals surface area contributed by atoms with Crippen LogP contribution in [-0.2, 0) is 10.0 Å². The molecule has 1 N–H and O–H groups in total. The predicted molar refractivity (Wildman–Crippen MR) is 109 cm³/mol. The summed E-state index contributed by atoms with van der Waals surface area (Å²) in [6.45, 7) is 1.78. The van der Waals surface area contributed by atoms with E-state index in [9.17, 15) is 13.2 Å². The van der Waals surface area contributed by atoms with Crippen molar-refractivity contribution in [3.63, 3.8) is 0 Å². The molecule has 0 unspecified atom stereocenters. The van der Waals surface area contributed by atoms with Crippen LogP contribution in [0.1, 0.15) is 29.6 Å². The van der Waals surface area contributed by atoms with E-state index in [-0.39, 0.29) is 30.7 Å². The number of piperidine rings is 1. The molecule has 8 nitrogen and oxygen atoms in total. The normalized spacial score (nSPS) is 16.3. The van der Waals surface area contributed by atoms with E-state index in [1.54, 1.807) is 30.3 Å². The van der Waals surface area contributed by atoms with Crippen molar-refractivity contribution < 1.29 is 27.4 Å². The molecule has 0 saturated carbocycles. The van der Waals surface area contributed by atoms with Gasteiger partial charge in [-0.25, -0.2) is 8.42 Å². The highest BCUT2D eigenvalue weighted by Crippen LogP contribution is 2.35. The van der Waals surface area contributed by atoms with Crippen molar-refractivity contribution in [1.82, 2.24) is 9.62 Å². The van der Waals surface area contributed by atoms with Gasteiger partial charge in [0.25, 0.3) is 5.91 Å². The van der Waals surface area contributed by atoms with Crippen molar-refractivity contribution in [3.05, 3.63) is 48.0 Å². The average Bonchev–Trinajstić information content (AvgIpc) is 3.25. The summed E-state index contributed by atoms with van der Waals surface area (Å²) in [5.74, 6) is 1.57. The largest absolute Gasteiger partial charge is 0.492 e. The Labute approximate surface area is 175 Å². The molecule has 30 heavy (non-hydrogen) atoms. The number of amides is 1. The van der Waals surface area contributed by atoms with Gasteiger partial charge in [0.05, 0.1) is 11.4 Å². The first-order chi connectivity index (χ1) is 14.5. The molecule has 0 atom stereocenters. The Hall–Kier alpha value is -2.78. The lowest BCUT2D eigenvalue weighted by Gasteiger charge is -2.26. The molecular formula is C21H24N2O6S. The maximum atomic E-state index is 12.8. The van der Waals surface area contributed by atoms with Gasteiger partial charge in [0, 0.05) is 24.7 Å². The van der Waals surface area contributed by atoms with E-state index in [1.807, 2.05) is 0 Å². The SMILES string of the molecule is O=C(NCCOc1ccc2c(c1)OCO2)c1cccc(S(=O)(=O)N2CCCCC2)c1. The molecule has 2 aliphatic heterocycles. The second-order valence-electron chi connectivity index (χ2n) is 7.11. The Bertz CT molecular complexity index is 1020. The Balaban J connectivity index is 1.32. The van der Waals surface area contributed by atoms with Gasteiger partial charge in [0.2, 0.25) is 16.8 Å². The number of benzene rings is 2. The third-order valence-electron chi connectivity index (χ3n) is 5.05.